The molecule has 3 aromatic rings. The molecule has 0 aliphatic heterocycles. The summed E-state index contributed by atoms with van der Waals surface area (Å²) < 4.78 is 13.5. The summed E-state index contributed by atoms with van der Waals surface area (Å²) in [5.41, 5.74) is 4.67. The lowest BCUT2D eigenvalue weighted by atomic mass is 10.0. The van der Waals surface area contributed by atoms with Crippen molar-refractivity contribution in [2.45, 2.75) is 32.4 Å². The first-order chi connectivity index (χ1) is 14.0. The standard InChI is InChI=1S/C23H27N3O3.2ClH/c1-5-29-23(27)22-18-12-21(28-4)17(15-7-6-10-24-13-15)11-19(18)26(16-8-9-16)20(22)14-25(2)3;;/h6-7,10-13,16H,5,8-9,14H2,1-4H3;2*1H. The van der Waals surface area contributed by atoms with Gasteiger partial charge in [0.25, 0.3) is 0 Å². The third kappa shape index (κ3) is 4.81. The van der Waals surface area contributed by atoms with Crippen molar-refractivity contribution >= 4 is 41.7 Å². The first kappa shape index (κ1) is 25.0. The maximum atomic E-state index is 13.0. The fourth-order valence-corrected chi connectivity index (χ4v) is 3.94. The summed E-state index contributed by atoms with van der Waals surface area (Å²) in [6.07, 6.45) is 5.85. The SMILES string of the molecule is CCOC(=O)c1c(CN(C)C)n(C2CC2)c2cc(-c3cccnc3)c(OC)cc12.Cl.Cl. The van der Waals surface area contributed by atoms with Gasteiger partial charge in [-0.1, -0.05) is 6.07 Å². The lowest BCUT2D eigenvalue weighted by molar-refractivity contribution is 0.0526. The molecular formula is C23H29Cl2N3O3. The minimum absolute atomic E-state index is 0. The Hall–Kier alpha value is -2.28. The van der Waals surface area contributed by atoms with Crippen LogP contribution in [0.2, 0.25) is 0 Å². The van der Waals surface area contributed by atoms with Crippen LogP contribution in [0.25, 0.3) is 22.0 Å². The second-order valence-corrected chi connectivity index (χ2v) is 7.69. The van der Waals surface area contributed by atoms with Gasteiger partial charge in [-0.3, -0.25) is 4.98 Å². The van der Waals surface area contributed by atoms with Gasteiger partial charge >= 0.3 is 5.97 Å². The van der Waals surface area contributed by atoms with Gasteiger partial charge in [-0.15, -0.1) is 24.8 Å². The predicted molar refractivity (Wildman–Crippen MR) is 128 cm³/mol. The van der Waals surface area contributed by atoms with E-state index in [1.165, 1.54) is 0 Å². The highest BCUT2D eigenvalue weighted by atomic mass is 35.5. The number of hydrogen-bond acceptors (Lipinski definition) is 5. The summed E-state index contributed by atoms with van der Waals surface area (Å²) in [4.78, 5) is 19.3. The Balaban J connectivity index is 0.00000171. The second kappa shape index (κ2) is 10.4. The molecule has 1 aromatic carbocycles. The Kier molecular flexibility index (Phi) is 8.34. The maximum absolute atomic E-state index is 13.0. The minimum Gasteiger partial charge on any atom is -0.496 e. The summed E-state index contributed by atoms with van der Waals surface area (Å²) in [5.74, 6) is 0.449. The number of nitrogens with zero attached hydrogens (tertiary/aromatic N) is 3. The van der Waals surface area contributed by atoms with Gasteiger partial charge in [0.2, 0.25) is 0 Å². The van der Waals surface area contributed by atoms with E-state index < -0.39 is 0 Å². The van der Waals surface area contributed by atoms with Crippen molar-refractivity contribution in [1.82, 2.24) is 14.5 Å². The molecule has 0 bridgehead atoms. The van der Waals surface area contributed by atoms with Crippen LogP contribution < -0.4 is 4.74 Å². The first-order valence-electron chi connectivity index (χ1n) is 10.0. The van der Waals surface area contributed by atoms with E-state index in [1.54, 1.807) is 13.3 Å². The molecule has 1 aliphatic carbocycles. The van der Waals surface area contributed by atoms with Crippen molar-refractivity contribution in [3.8, 4) is 16.9 Å². The monoisotopic (exact) mass is 465 g/mol. The van der Waals surface area contributed by atoms with Gasteiger partial charge in [0.1, 0.15) is 5.75 Å². The number of ether oxygens (including phenoxy) is 2. The third-order valence-corrected chi connectivity index (χ3v) is 5.26. The number of halogens is 2. The summed E-state index contributed by atoms with van der Waals surface area (Å²) >= 11 is 0. The number of aromatic nitrogens is 2. The summed E-state index contributed by atoms with van der Waals surface area (Å²) in [5, 5.41) is 0.886. The van der Waals surface area contributed by atoms with Crippen molar-refractivity contribution in [1.29, 1.82) is 0 Å². The van der Waals surface area contributed by atoms with Crippen molar-refractivity contribution in [2.75, 3.05) is 27.8 Å². The lowest BCUT2D eigenvalue weighted by Gasteiger charge is -2.15. The highest BCUT2D eigenvalue weighted by Gasteiger charge is 2.33. The van der Waals surface area contributed by atoms with Gasteiger partial charge in [0, 0.05) is 47.2 Å². The Morgan fingerprint density at radius 1 is 1.26 bits per heavy atom. The zero-order valence-electron chi connectivity index (χ0n) is 18.3. The van der Waals surface area contributed by atoms with Gasteiger partial charge < -0.3 is 18.9 Å². The third-order valence-electron chi connectivity index (χ3n) is 5.26. The molecule has 1 aliphatic rings. The average Bonchev–Trinajstić information content (AvgIpc) is 3.49. The Bertz CT molecular complexity index is 1050. The molecular weight excluding hydrogens is 437 g/mol. The number of rotatable bonds is 7. The van der Waals surface area contributed by atoms with E-state index in [9.17, 15) is 4.79 Å². The van der Waals surface area contributed by atoms with Crippen LogP contribution in [-0.4, -0.2) is 48.2 Å². The van der Waals surface area contributed by atoms with Gasteiger partial charge in [-0.25, -0.2) is 4.79 Å². The number of methoxy groups -OCH3 is 1. The molecule has 0 amide bonds. The van der Waals surface area contributed by atoms with Crippen LogP contribution in [0.15, 0.2) is 36.7 Å². The molecule has 0 spiro atoms. The number of carbonyl (C=O) groups is 1. The summed E-state index contributed by atoms with van der Waals surface area (Å²) in [6.45, 7) is 2.86. The van der Waals surface area contributed by atoms with Crippen LogP contribution >= 0.6 is 24.8 Å². The van der Waals surface area contributed by atoms with E-state index >= 15 is 0 Å². The van der Waals surface area contributed by atoms with E-state index in [2.05, 4.69) is 20.5 Å². The fraction of sp³-hybridized carbons (Fsp3) is 0.391. The van der Waals surface area contributed by atoms with Crippen LogP contribution in [0.3, 0.4) is 0 Å². The van der Waals surface area contributed by atoms with E-state index in [4.69, 9.17) is 9.47 Å². The fourth-order valence-electron chi connectivity index (χ4n) is 3.94. The Labute approximate surface area is 195 Å². The predicted octanol–water partition coefficient (Wildman–Crippen LogP) is 5.13. The topological polar surface area (TPSA) is 56.6 Å². The molecule has 2 aromatic heterocycles. The molecule has 1 saturated carbocycles. The molecule has 0 atom stereocenters. The van der Waals surface area contributed by atoms with Crippen molar-refractivity contribution in [2.24, 2.45) is 0 Å². The van der Waals surface area contributed by atoms with Crippen LogP contribution in [0.1, 0.15) is 41.9 Å². The quantitative estimate of drug-likeness (QED) is 0.452. The summed E-state index contributed by atoms with van der Waals surface area (Å²) in [7, 11) is 5.70. The van der Waals surface area contributed by atoms with Crippen LogP contribution in [0.5, 0.6) is 5.75 Å². The molecule has 0 unspecified atom stereocenters. The Morgan fingerprint density at radius 3 is 2.55 bits per heavy atom. The smallest absolute Gasteiger partial charge is 0.340 e. The number of pyridine rings is 1. The molecule has 168 valence electrons. The van der Waals surface area contributed by atoms with E-state index in [1.807, 2.05) is 45.4 Å². The zero-order valence-corrected chi connectivity index (χ0v) is 19.9. The van der Waals surface area contributed by atoms with Gasteiger partial charge in [-0.05, 0) is 52.1 Å². The van der Waals surface area contributed by atoms with Crippen molar-refractivity contribution in [3.05, 3.63) is 47.9 Å². The molecule has 4 rings (SSSR count). The number of benzene rings is 1. The highest BCUT2D eigenvalue weighted by Crippen LogP contribution is 2.44. The summed E-state index contributed by atoms with van der Waals surface area (Å²) in [6, 6.07) is 8.47. The number of carbonyl (C=O) groups excluding carboxylic acids is 1. The highest BCUT2D eigenvalue weighted by molar-refractivity contribution is 6.07. The van der Waals surface area contributed by atoms with Gasteiger partial charge in [-0.2, -0.15) is 0 Å². The molecule has 0 saturated heterocycles. The number of esters is 1. The molecule has 1 fully saturated rings. The average molecular weight is 466 g/mol. The molecule has 6 nitrogen and oxygen atoms in total. The van der Waals surface area contributed by atoms with Crippen LogP contribution in [0, 0.1) is 0 Å². The van der Waals surface area contributed by atoms with Gasteiger partial charge in [0.05, 0.1) is 24.8 Å². The van der Waals surface area contributed by atoms with Crippen LogP contribution in [-0.2, 0) is 11.3 Å². The van der Waals surface area contributed by atoms with Crippen molar-refractivity contribution < 1.29 is 14.3 Å². The normalized spacial score (nSPS) is 12.9. The maximum Gasteiger partial charge on any atom is 0.340 e. The Morgan fingerprint density at radius 2 is 2.00 bits per heavy atom. The van der Waals surface area contributed by atoms with E-state index in [0.717, 1.165) is 46.3 Å². The largest absolute Gasteiger partial charge is 0.496 e. The molecule has 8 heteroatoms. The molecule has 0 radical (unpaired) electrons. The van der Waals surface area contributed by atoms with Crippen molar-refractivity contribution in [3.63, 3.8) is 0 Å². The molecule has 2 heterocycles. The number of hydrogen-bond donors (Lipinski definition) is 0. The minimum atomic E-state index is -0.273. The molecule has 0 N–H and O–H groups in total. The van der Waals surface area contributed by atoms with E-state index in [-0.39, 0.29) is 30.8 Å². The van der Waals surface area contributed by atoms with E-state index in [0.29, 0.717) is 24.8 Å². The lowest BCUT2D eigenvalue weighted by Crippen LogP contribution is -2.18. The van der Waals surface area contributed by atoms with Gasteiger partial charge in [0.15, 0.2) is 0 Å². The second-order valence-electron chi connectivity index (χ2n) is 7.69. The number of fused-ring (bicyclic) bond motifs is 1. The molecule has 31 heavy (non-hydrogen) atoms. The zero-order chi connectivity index (χ0) is 20.5. The first-order valence-corrected chi connectivity index (χ1v) is 10.0. The van der Waals surface area contributed by atoms with Crippen LogP contribution in [0.4, 0.5) is 0 Å².